The number of carbonyl (C=O) groups is 4. The van der Waals surface area contributed by atoms with Crippen molar-refractivity contribution in [3.8, 4) is 0 Å². The quantitative estimate of drug-likeness (QED) is 0.0897. The van der Waals surface area contributed by atoms with Crippen LogP contribution in [0, 0.1) is 16.3 Å². The number of benzene rings is 3. The van der Waals surface area contributed by atoms with E-state index in [9.17, 15) is 34.8 Å². The molecule has 0 fully saturated rings. The van der Waals surface area contributed by atoms with E-state index < -0.39 is 51.6 Å². The van der Waals surface area contributed by atoms with Crippen LogP contribution in [0.15, 0.2) is 60.7 Å². The van der Waals surface area contributed by atoms with Gasteiger partial charge in [-0.05, 0) is 30.3 Å². The fraction of sp³-hybridized carbons (Fsp3) is 0.0833. The van der Waals surface area contributed by atoms with Gasteiger partial charge < -0.3 is 20.5 Å². The fourth-order valence-corrected chi connectivity index (χ4v) is 4.23. The van der Waals surface area contributed by atoms with Crippen molar-refractivity contribution in [3.63, 3.8) is 0 Å². The van der Waals surface area contributed by atoms with Crippen LogP contribution in [-0.4, -0.2) is 33.9 Å². The molecule has 4 unspecified atom stereocenters. The van der Waals surface area contributed by atoms with E-state index in [2.05, 4.69) is 5.32 Å². The van der Waals surface area contributed by atoms with Gasteiger partial charge in [0, 0.05) is 17.2 Å². The number of anilines is 1. The molecule has 0 radical (unpaired) electrons. The van der Waals surface area contributed by atoms with Gasteiger partial charge in [-0.2, -0.15) is 10.5 Å². The number of amides is 1. The molecule has 0 aliphatic carbocycles. The molecule has 0 bridgehead atoms. The monoisotopic (exact) mass is 561 g/mol. The number of esters is 1. The van der Waals surface area contributed by atoms with Crippen molar-refractivity contribution < 1.29 is 44.8 Å². The number of ether oxygens (including phenoxy) is 1. The molecule has 1 aliphatic rings. The van der Waals surface area contributed by atoms with Crippen molar-refractivity contribution in [2.24, 2.45) is 5.92 Å². The molecule has 14 heteroatoms. The van der Waals surface area contributed by atoms with Crippen LogP contribution in [-0.2, 0) is 14.3 Å². The van der Waals surface area contributed by atoms with Gasteiger partial charge in [0.2, 0.25) is 5.78 Å². The molecule has 3 aromatic carbocycles. The Balaban J connectivity index is 1.73. The second-order valence-electron chi connectivity index (χ2n) is 8.07. The van der Waals surface area contributed by atoms with Crippen molar-refractivity contribution >= 4 is 63.7 Å². The third-order valence-corrected chi connectivity index (χ3v) is 6.50. The maximum atomic E-state index is 13.6. The van der Waals surface area contributed by atoms with Crippen LogP contribution in [0.1, 0.15) is 32.4 Å². The van der Waals surface area contributed by atoms with E-state index in [0.717, 1.165) is 18.2 Å². The van der Waals surface area contributed by atoms with Gasteiger partial charge in [-0.25, -0.2) is 15.2 Å². The van der Waals surface area contributed by atoms with Gasteiger partial charge in [0.1, 0.15) is 17.7 Å². The average molecular weight is 562 g/mol. The summed E-state index contributed by atoms with van der Waals surface area (Å²) in [4.78, 5) is 52.5. The van der Waals surface area contributed by atoms with Gasteiger partial charge in [-0.1, -0.05) is 41.4 Å². The molecule has 5 N–H and O–H groups in total. The first-order chi connectivity index (χ1) is 18.0. The van der Waals surface area contributed by atoms with Gasteiger partial charge in [0.25, 0.3) is 5.91 Å². The van der Waals surface area contributed by atoms with Gasteiger partial charge >= 0.3 is 5.97 Å². The lowest BCUT2D eigenvalue weighted by Gasteiger charge is -2.22. The van der Waals surface area contributed by atoms with Crippen LogP contribution in [0.4, 0.5) is 17.1 Å². The Morgan fingerprint density at radius 1 is 0.947 bits per heavy atom. The molecule has 12 nitrogen and oxygen atoms in total. The Morgan fingerprint density at radius 2 is 1.66 bits per heavy atom. The Hall–Kier alpha value is -3.72. The number of rotatable bonds is 8. The zero-order chi connectivity index (χ0) is 27.7. The summed E-state index contributed by atoms with van der Waals surface area (Å²) < 4.78 is 5.34. The minimum Gasteiger partial charge on any atom is -0.595 e. The summed E-state index contributed by atoms with van der Waals surface area (Å²) in [6, 6.07) is 12.6. The van der Waals surface area contributed by atoms with Crippen LogP contribution in [0.2, 0.25) is 10.0 Å². The highest BCUT2D eigenvalue weighted by Crippen LogP contribution is 2.39. The number of nitrogens with one attached hydrogen (secondary N) is 3. The van der Waals surface area contributed by atoms with Gasteiger partial charge in [-0.15, -0.1) is 0 Å². The normalized spacial score (nSPS) is 16.7. The van der Waals surface area contributed by atoms with Crippen molar-refractivity contribution in [1.82, 2.24) is 0 Å². The van der Waals surface area contributed by atoms with E-state index in [4.69, 9.17) is 33.1 Å². The summed E-state index contributed by atoms with van der Waals surface area (Å²) in [5.41, 5.74) is -1.14. The van der Waals surface area contributed by atoms with Crippen molar-refractivity contribution in [2.45, 2.75) is 6.10 Å². The maximum absolute atomic E-state index is 13.6. The van der Waals surface area contributed by atoms with E-state index >= 15 is 0 Å². The maximum Gasteiger partial charge on any atom is 0.339 e. The molecule has 3 aromatic rings. The minimum atomic E-state index is -1.87. The first kappa shape index (κ1) is 27.3. The number of Topliss-reactive ketones (excluding diaryl/α,β-unsaturated/α-hetero) is 2. The number of hydrogen-bond acceptors (Lipinski definition) is 9. The first-order valence-electron chi connectivity index (χ1n) is 10.7. The SMILES string of the molecule is O=C(Nc1ccc([NH+]([O-])O)cc1[NH+]([O-])O)C(=O)C(C(=O)c1ccc(Cl)c(Cl)c1)C1OC(=O)c2ccccc21. The Labute approximate surface area is 223 Å². The number of quaternary nitrogens is 2. The lowest BCUT2D eigenvalue weighted by Crippen LogP contribution is -3.00. The third kappa shape index (κ3) is 5.29. The van der Waals surface area contributed by atoms with Crippen LogP contribution >= 0.6 is 23.2 Å². The zero-order valence-corrected chi connectivity index (χ0v) is 20.4. The molecule has 196 valence electrons. The summed E-state index contributed by atoms with van der Waals surface area (Å²) in [7, 11) is 0. The highest BCUT2D eigenvalue weighted by Gasteiger charge is 2.46. The van der Waals surface area contributed by atoms with Crippen LogP contribution in [0.5, 0.6) is 0 Å². The molecule has 0 aromatic heterocycles. The second kappa shape index (κ2) is 10.9. The third-order valence-electron chi connectivity index (χ3n) is 5.76. The standard InChI is InChI=1S/C24H17Cl2N3O9/c25-15-7-5-11(9-16(15)26)20(30)19(22-13-3-1-2-4-14(13)24(33)38-22)21(31)23(32)27-17-8-6-12(28(34)35)10-18(17)29(36)37/h1-10,19,22,28-29,34,36H,(H,27,32). The predicted molar refractivity (Wildman–Crippen MR) is 131 cm³/mol. The smallest absolute Gasteiger partial charge is 0.339 e. The van der Waals surface area contributed by atoms with E-state index in [-0.39, 0.29) is 38.1 Å². The highest BCUT2D eigenvalue weighted by atomic mass is 35.5. The lowest BCUT2D eigenvalue weighted by atomic mass is 9.84. The Bertz CT molecular complexity index is 1460. The van der Waals surface area contributed by atoms with E-state index in [1.807, 2.05) is 0 Å². The zero-order valence-electron chi connectivity index (χ0n) is 18.9. The summed E-state index contributed by atoms with van der Waals surface area (Å²) in [6.45, 7) is 0. The predicted octanol–water partition coefficient (Wildman–Crippen LogP) is 1.72. The lowest BCUT2D eigenvalue weighted by molar-refractivity contribution is -0.996. The summed E-state index contributed by atoms with van der Waals surface area (Å²) in [5, 5.41) is 40.7. The molecular weight excluding hydrogens is 545 g/mol. The van der Waals surface area contributed by atoms with E-state index in [0.29, 0.717) is 0 Å². The van der Waals surface area contributed by atoms with Crippen LogP contribution < -0.4 is 15.8 Å². The highest BCUT2D eigenvalue weighted by molar-refractivity contribution is 6.46. The summed E-state index contributed by atoms with van der Waals surface area (Å²) in [5.74, 6) is -6.31. The minimum absolute atomic E-state index is 0.00149. The molecule has 4 atom stereocenters. The molecule has 38 heavy (non-hydrogen) atoms. The summed E-state index contributed by atoms with van der Waals surface area (Å²) in [6.07, 6.45) is -1.47. The second-order valence-corrected chi connectivity index (χ2v) is 8.89. The number of halogens is 2. The largest absolute Gasteiger partial charge is 0.595 e. The van der Waals surface area contributed by atoms with E-state index in [1.54, 1.807) is 12.1 Å². The number of fused-ring (bicyclic) bond motifs is 1. The van der Waals surface area contributed by atoms with Gasteiger partial charge in [0.05, 0.1) is 21.7 Å². The summed E-state index contributed by atoms with van der Waals surface area (Å²) >= 11 is 12.0. The first-order valence-corrected chi connectivity index (χ1v) is 11.5. The average Bonchev–Trinajstić information content (AvgIpc) is 3.21. The topological polar surface area (TPSA) is 185 Å². The molecule has 0 saturated heterocycles. The Kier molecular flexibility index (Phi) is 7.87. The molecule has 1 aliphatic heterocycles. The number of carbonyl (C=O) groups excluding carboxylic acids is 4. The van der Waals surface area contributed by atoms with Crippen LogP contribution in [0.3, 0.4) is 0 Å². The Morgan fingerprint density at radius 3 is 2.32 bits per heavy atom. The molecule has 0 saturated carbocycles. The van der Waals surface area contributed by atoms with Crippen molar-refractivity contribution in [2.75, 3.05) is 5.32 Å². The van der Waals surface area contributed by atoms with Gasteiger partial charge in [-0.3, -0.25) is 14.4 Å². The molecule has 0 spiro atoms. The number of ketones is 2. The van der Waals surface area contributed by atoms with Crippen molar-refractivity contribution in [3.05, 3.63) is 97.8 Å². The van der Waals surface area contributed by atoms with Crippen LogP contribution in [0.25, 0.3) is 0 Å². The fourth-order valence-electron chi connectivity index (χ4n) is 3.93. The van der Waals surface area contributed by atoms with E-state index in [1.165, 1.54) is 30.3 Å². The molecule has 1 amide bonds. The molecule has 4 rings (SSSR count). The van der Waals surface area contributed by atoms with Crippen molar-refractivity contribution in [1.29, 1.82) is 0 Å². The van der Waals surface area contributed by atoms with Gasteiger partial charge in [0.15, 0.2) is 17.2 Å². The number of cyclic esters (lactones) is 1. The number of hydrogen-bond donors (Lipinski definition) is 5. The molecular formula is C24H17Cl2N3O9. The molecule has 1 heterocycles.